The average Bonchev–Trinajstić information content (AvgIpc) is 1.01. The Morgan fingerprint density at radius 1 is 0.283 bits per heavy atom. The number of rotatable bonds is 58. The van der Waals surface area contributed by atoms with Crippen molar-refractivity contribution in [3.8, 4) is 17.2 Å². The largest absolute Gasteiger partial charge is 0.490 e. The number of benzene rings is 5. The molecule has 9 nitrogen and oxygen atoms in total. The molecule has 9 heteroatoms. The van der Waals surface area contributed by atoms with E-state index in [2.05, 4.69) is 81.4 Å². The topological polar surface area (TPSA) is 83.1 Å². The molecule has 0 amide bonds. The molecule has 0 aromatic heterocycles. The van der Waals surface area contributed by atoms with Crippen molar-refractivity contribution in [1.82, 2.24) is 0 Å². The second-order valence-electron chi connectivity index (χ2n) is 26.3. The van der Waals surface area contributed by atoms with Crippen LogP contribution in [0.2, 0.25) is 0 Å². The van der Waals surface area contributed by atoms with Gasteiger partial charge in [0, 0.05) is 0 Å². The van der Waals surface area contributed by atoms with Crippen LogP contribution in [-0.2, 0) is 61.5 Å². The third kappa shape index (κ3) is 33.6. The zero-order valence-electron chi connectivity index (χ0n) is 58.1. The molecule has 0 bridgehead atoms. The van der Waals surface area contributed by atoms with Crippen molar-refractivity contribution in [2.24, 2.45) is 0 Å². The normalized spacial score (nSPS) is 16.5. The highest BCUT2D eigenvalue weighted by atomic mass is 16.7. The lowest BCUT2D eigenvalue weighted by molar-refractivity contribution is -0.330. The van der Waals surface area contributed by atoms with Gasteiger partial charge in [0.15, 0.2) is 17.8 Å². The van der Waals surface area contributed by atoms with Gasteiger partial charge in [0.2, 0.25) is 5.75 Å². The predicted octanol–water partition coefficient (Wildman–Crippen LogP) is 23.1. The maximum Gasteiger partial charge on any atom is 0.203 e. The third-order valence-corrected chi connectivity index (χ3v) is 18.1. The molecule has 0 N–H and O–H groups in total. The van der Waals surface area contributed by atoms with E-state index in [1.807, 2.05) is 72.8 Å². The second kappa shape index (κ2) is 51.6. The summed E-state index contributed by atoms with van der Waals surface area (Å²) in [6.07, 6.45) is 43.1. The fourth-order valence-electron chi connectivity index (χ4n) is 12.5. The van der Waals surface area contributed by atoms with Gasteiger partial charge in [-0.1, -0.05) is 354 Å². The highest BCUT2D eigenvalue weighted by Gasteiger charge is 2.49. The Morgan fingerprint density at radius 3 is 0.935 bits per heavy atom. The maximum atomic E-state index is 7.19. The monoisotopic (exact) mass is 1270 g/mol. The van der Waals surface area contributed by atoms with Crippen molar-refractivity contribution in [3.63, 3.8) is 0 Å². The highest BCUT2D eigenvalue weighted by Crippen LogP contribution is 2.41. The lowest BCUT2D eigenvalue weighted by atomic mass is 9.97. The van der Waals surface area contributed by atoms with Crippen LogP contribution in [0.4, 0.5) is 0 Å². The Morgan fingerprint density at radius 2 is 0.576 bits per heavy atom. The van der Waals surface area contributed by atoms with Crippen LogP contribution in [0.1, 0.15) is 280 Å². The summed E-state index contributed by atoms with van der Waals surface area (Å²) in [5, 5.41) is 0. The van der Waals surface area contributed by atoms with Gasteiger partial charge < -0.3 is 42.6 Å². The number of unbranched alkanes of at least 4 members (excludes halogenated alkanes) is 33. The molecule has 1 fully saturated rings. The first-order chi connectivity index (χ1) is 45.6. The molecule has 5 aromatic carbocycles. The van der Waals surface area contributed by atoms with Crippen LogP contribution in [0.5, 0.6) is 17.2 Å². The molecule has 6 rings (SSSR count). The summed E-state index contributed by atoms with van der Waals surface area (Å²) in [6.45, 7) is 10.6. The second-order valence-corrected chi connectivity index (χ2v) is 26.3. The Hall–Kier alpha value is -4.74. The van der Waals surface area contributed by atoms with E-state index in [1.54, 1.807) is 0 Å². The SMILES string of the molecule is CCCCCCCCCCCCCCOc1cc(CO[C@H]2O[C@H](COCc3ccccc3)[C@@H](OCc3ccccc3)[C@H](OCc3ccccc3)[C@H]2OCc2ccccc2)cc(OCCCCCCCCCCCCCC)c1OCCCCCCCCCCCCCC. The molecule has 0 spiro atoms. The molecule has 0 radical (unpaired) electrons. The fourth-order valence-corrected chi connectivity index (χ4v) is 12.5. The maximum absolute atomic E-state index is 7.19. The average molecular weight is 1270 g/mol. The fraction of sp³-hybridized carbons (Fsp3) is 0.639. The van der Waals surface area contributed by atoms with Gasteiger partial charge in [0.05, 0.1) is 59.5 Å². The van der Waals surface area contributed by atoms with Gasteiger partial charge in [-0.05, 0) is 59.2 Å². The number of hydrogen-bond acceptors (Lipinski definition) is 9. The lowest BCUT2D eigenvalue weighted by Crippen LogP contribution is -2.61. The summed E-state index contributed by atoms with van der Waals surface area (Å²) in [5.74, 6) is 2.13. The van der Waals surface area contributed by atoms with Gasteiger partial charge in [-0.15, -0.1) is 0 Å². The molecule has 1 heterocycles. The molecule has 1 aliphatic heterocycles. The molecule has 512 valence electrons. The van der Waals surface area contributed by atoms with E-state index in [0.717, 1.165) is 66.3 Å². The van der Waals surface area contributed by atoms with Crippen molar-refractivity contribution < 1.29 is 42.6 Å². The lowest BCUT2D eigenvalue weighted by Gasteiger charge is -2.46. The summed E-state index contributed by atoms with van der Waals surface area (Å²) in [4.78, 5) is 0. The van der Waals surface area contributed by atoms with Gasteiger partial charge in [0.1, 0.15) is 24.4 Å². The summed E-state index contributed by atoms with van der Waals surface area (Å²) >= 11 is 0. The van der Waals surface area contributed by atoms with E-state index < -0.39 is 30.7 Å². The van der Waals surface area contributed by atoms with E-state index in [4.69, 9.17) is 42.6 Å². The summed E-state index contributed by atoms with van der Waals surface area (Å²) in [6, 6.07) is 45.4. The third-order valence-electron chi connectivity index (χ3n) is 18.1. The van der Waals surface area contributed by atoms with Crippen molar-refractivity contribution in [1.29, 1.82) is 0 Å². The van der Waals surface area contributed by atoms with Crippen LogP contribution in [0, 0.1) is 0 Å². The Balaban J connectivity index is 1.23. The first-order valence-corrected chi connectivity index (χ1v) is 37.6. The molecule has 1 saturated heterocycles. The minimum Gasteiger partial charge on any atom is -0.490 e. The van der Waals surface area contributed by atoms with Crippen molar-refractivity contribution in [2.75, 3.05) is 26.4 Å². The van der Waals surface area contributed by atoms with Crippen LogP contribution >= 0.6 is 0 Å². The van der Waals surface area contributed by atoms with Crippen molar-refractivity contribution in [3.05, 3.63) is 161 Å². The van der Waals surface area contributed by atoms with Crippen molar-refractivity contribution in [2.45, 2.75) is 316 Å². The Labute approximate surface area is 560 Å². The van der Waals surface area contributed by atoms with E-state index in [1.165, 1.54) is 193 Å². The molecule has 0 unspecified atom stereocenters. The van der Waals surface area contributed by atoms with Crippen LogP contribution in [0.25, 0.3) is 0 Å². The van der Waals surface area contributed by atoms with E-state index >= 15 is 0 Å². The molecule has 0 saturated carbocycles. The molecular formula is C83H126O9. The first kappa shape index (κ1) is 76.3. The first-order valence-electron chi connectivity index (χ1n) is 37.6. The Bertz CT molecular complexity index is 2410. The molecule has 0 aliphatic carbocycles. The minimum absolute atomic E-state index is 0.192. The van der Waals surface area contributed by atoms with Gasteiger partial charge in [-0.25, -0.2) is 0 Å². The molecule has 5 aromatic rings. The number of hydrogen-bond donors (Lipinski definition) is 0. The zero-order valence-corrected chi connectivity index (χ0v) is 58.1. The smallest absolute Gasteiger partial charge is 0.203 e. The van der Waals surface area contributed by atoms with Gasteiger partial charge >= 0.3 is 0 Å². The quantitative estimate of drug-likeness (QED) is 0.0354. The van der Waals surface area contributed by atoms with E-state index in [-0.39, 0.29) is 13.2 Å². The van der Waals surface area contributed by atoms with E-state index in [0.29, 0.717) is 63.5 Å². The predicted molar refractivity (Wildman–Crippen MR) is 381 cm³/mol. The summed E-state index contributed by atoms with van der Waals surface area (Å²) < 4.78 is 62.7. The highest BCUT2D eigenvalue weighted by molar-refractivity contribution is 5.54. The molecule has 92 heavy (non-hydrogen) atoms. The van der Waals surface area contributed by atoms with Gasteiger partial charge in [0.25, 0.3) is 0 Å². The van der Waals surface area contributed by atoms with Gasteiger partial charge in [-0.3, -0.25) is 0 Å². The minimum atomic E-state index is -0.876. The Kier molecular flexibility index (Phi) is 42.8. The molecule has 1 aliphatic rings. The van der Waals surface area contributed by atoms with Crippen LogP contribution in [-0.4, -0.2) is 57.1 Å². The number of ether oxygens (including phenoxy) is 9. The molecule has 5 atom stereocenters. The van der Waals surface area contributed by atoms with Crippen molar-refractivity contribution >= 4 is 0 Å². The van der Waals surface area contributed by atoms with Crippen LogP contribution < -0.4 is 14.2 Å². The van der Waals surface area contributed by atoms with Crippen LogP contribution in [0.3, 0.4) is 0 Å². The standard InChI is InChI=1S/C83H126O9/c1-4-7-10-13-16-19-22-25-28-31-34-49-60-85-76-63-75(64-77(86-61-50-35-32-29-26-23-20-17-14-11-8-5-2)79(76)87-62-51-36-33-30-27-24-21-18-15-12-9-6-3)69-91-83-82(90-68-74-58-47-40-48-59-74)81(89-67-73-56-45-39-46-57-73)80(88-66-72-54-43-38-44-55-72)78(92-83)70-84-65-71-52-41-37-42-53-71/h37-48,52-59,63-64,78,80-83H,4-36,49-51,60-62,65-70H2,1-3H3/t78-,80-,81+,82-,83+/m1/s1. The summed E-state index contributed by atoms with van der Waals surface area (Å²) in [7, 11) is 0. The van der Waals surface area contributed by atoms with Gasteiger partial charge in [-0.2, -0.15) is 0 Å². The van der Waals surface area contributed by atoms with Crippen LogP contribution in [0.15, 0.2) is 133 Å². The molecular weight excluding hydrogens is 1140 g/mol. The summed E-state index contributed by atoms with van der Waals surface area (Å²) in [5.41, 5.74) is 5.11. The van der Waals surface area contributed by atoms with E-state index in [9.17, 15) is 0 Å². The zero-order chi connectivity index (χ0) is 64.2.